The number of nitrogens with zero attached hydrogens (tertiary/aromatic N) is 3. The molecule has 1 amide bonds. The first-order valence-electron chi connectivity index (χ1n) is 12.0. The lowest BCUT2D eigenvalue weighted by molar-refractivity contribution is 0.0784. The number of benzene rings is 2. The van der Waals surface area contributed by atoms with E-state index in [9.17, 15) is 19.1 Å². The molecule has 0 bridgehead atoms. The molecule has 1 N–H and O–H groups in total. The van der Waals surface area contributed by atoms with Crippen molar-refractivity contribution in [1.82, 2.24) is 14.5 Å². The summed E-state index contributed by atoms with van der Waals surface area (Å²) in [6, 6.07) is 11.4. The molecule has 190 valence electrons. The van der Waals surface area contributed by atoms with Crippen LogP contribution in [0.2, 0.25) is 0 Å². The molecule has 3 aromatic rings. The average Bonchev–Trinajstić information content (AvgIpc) is 3.37. The lowest BCUT2D eigenvalue weighted by Gasteiger charge is -2.22. The van der Waals surface area contributed by atoms with Crippen LogP contribution in [0.4, 0.5) is 4.39 Å². The molecule has 9 heteroatoms. The molecular weight excluding hydrogens is 465 g/mol. The van der Waals surface area contributed by atoms with Gasteiger partial charge in [0.25, 0.3) is 11.5 Å². The molecular formula is C27H30FN3O5. The van der Waals surface area contributed by atoms with Crippen molar-refractivity contribution < 1.29 is 23.8 Å². The summed E-state index contributed by atoms with van der Waals surface area (Å²) in [6.07, 6.45) is 2.58. The fraction of sp³-hybridized carbons (Fsp3) is 0.370. The minimum absolute atomic E-state index is 0.0693. The quantitative estimate of drug-likeness (QED) is 0.507. The van der Waals surface area contributed by atoms with E-state index in [4.69, 9.17) is 9.47 Å². The molecule has 0 radical (unpaired) electrons. The Morgan fingerprint density at radius 2 is 1.86 bits per heavy atom. The zero-order chi connectivity index (χ0) is 25.8. The topological polar surface area (TPSA) is 93.9 Å². The minimum atomic E-state index is -0.789. The molecule has 0 aliphatic carbocycles. The van der Waals surface area contributed by atoms with E-state index >= 15 is 0 Å². The second-order valence-corrected chi connectivity index (χ2v) is 8.77. The number of aromatic hydroxyl groups is 1. The number of carbonyl (C=O) groups excluding carboxylic acids is 1. The summed E-state index contributed by atoms with van der Waals surface area (Å²) in [7, 11) is 2.97. The summed E-state index contributed by atoms with van der Waals surface area (Å²) < 4.78 is 26.1. The average molecular weight is 496 g/mol. The fourth-order valence-corrected chi connectivity index (χ4v) is 4.66. The van der Waals surface area contributed by atoms with Gasteiger partial charge >= 0.3 is 0 Å². The smallest absolute Gasteiger partial charge is 0.289 e. The molecule has 1 aliphatic heterocycles. The third-order valence-corrected chi connectivity index (χ3v) is 6.53. The number of rotatable bonds is 8. The van der Waals surface area contributed by atoms with E-state index in [2.05, 4.69) is 4.98 Å². The Bertz CT molecular complexity index is 1300. The first-order valence-corrected chi connectivity index (χ1v) is 12.0. The van der Waals surface area contributed by atoms with Crippen molar-refractivity contribution in [3.8, 4) is 23.1 Å². The number of aromatic nitrogens is 2. The van der Waals surface area contributed by atoms with Gasteiger partial charge in [0, 0.05) is 25.4 Å². The Morgan fingerprint density at radius 3 is 2.50 bits per heavy atom. The van der Waals surface area contributed by atoms with Crippen LogP contribution >= 0.6 is 0 Å². The number of methoxy groups -OCH3 is 2. The maximum Gasteiger partial charge on any atom is 0.289 e. The highest BCUT2D eigenvalue weighted by Gasteiger charge is 2.33. The Kier molecular flexibility index (Phi) is 7.57. The maximum absolute atomic E-state index is 13.7. The number of hydrogen-bond acceptors (Lipinski definition) is 6. The van der Waals surface area contributed by atoms with Crippen molar-refractivity contribution in [2.75, 3.05) is 27.3 Å². The van der Waals surface area contributed by atoms with Gasteiger partial charge in [-0.3, -0.25) is 14.2 Å². The third kappa shape index (κ3) is 4.78. The largest absolute Gasteiger partial charge is 0.494 e. The highest BCUT2D eigenvalue weighted by Crippen LogP contribution is 2.37. The Hall–Kier alpha value is -3.88. The Balaban J connectivity index is 1.79. The molecule has 1 fully saturated rings. The third-order valence-electron chi connectivity index (χ3n) is 6.53. The van der Waals surface area contributed by atoms with E-state index in [1.165, 1.54) is 35.8 Å². The molecule has 0 saturated carbocycles. The maximum atomic E-state index is 13.7. The lowest BCUT2D eigenvalue weighted by Crippen LogP contribution is -2.35. The van der Waals surface area contributed by atoms with Crippen LogP contribution in [0.1, 0.15) is 53.8 Å². The SMILES string of the molecule is CCCCc1nc(=O)c(C(=O)N2CCC(c3cccc(F)c3)C2)c(O)n1-c1c(OC)cccc1OC. The van der Waals surface area contributed by atoms with Gasteiger partial charge in [0.15, 0.2) is 5.56 Å². The first kappa shape index (κ1) is 25.2. The molecule has 1 atom stereocenters. The number of ether oxygens (including phenoxy) is 2. The number of unbranched alkanes of at least 4 members (excludes halogenated alkanes) is 1. The second-order valence-electron chi connectivity index (χ2n) is 8.77. The minimum Gasteiger partial charge on any atom is -0.494 e. The van der Waals surface area contributed by atoms with E-state index in [-0.39, 0.29) is 11.7 Å². The molecule has 36 heavy (non-hydrogen) atoms. The summed E-state index contributed by atoms with van der Waals surface area (Å²) in [5.74, 6) is -0.456. The van der Waals surface area contributed by atoms with E-state index in [0.717, 1.165) is 18.4 Å². The number of likely N-dealkylation sites (tertiary alicyclic amines) is 1. The van der Waals surface area contributed by atoms with Crippen molar-refractivity contribution in [3.05, 3.63) is 75.6 Å². The van der Waals surface area contributed by atoms with Crippen LogP contribution in [0.3, 0.4) is 0 Å². The highest BCUT2D eigenvalue weighted by atomic mass is 19.1. The van der Waals surface area contributed by atoms with Crippen LogP contribution in [-0.2, 0) is 6.42 Å². The number of para-hydroxylation sites is 1. The van der Waals surface area contributed by atoms with Gasteiger partial charge < -0.3 is 19.5 Å². The number of halogens is 1. The summed E-state index contributed by atoms with van der Waals surface area (Å²) in [6.45, 7) is 2.68. The first-order chi connectivity index (χ1) is 17.4. The van der Waals surface area contributed by atoms with Crippen LogP contribution in [0, 0.1) is 5.82 Å². The van der Waals surface area contributed by atoms with E-state index in [1.807, 2.05) is 13.0 Å². The standard InChI is InChI=1S/C27H30FN3O5/c1-4-5-12-22-29-25(32)23(27(34)31(22)24-20(35-2)10-7-11-21(24)36-3)26(33)30-14-13-18(16-30)17-8-6-9-19(28)15-17/h6-11,15,18,34H,4-5,12-14,16H2,1-3H3. The van der Waals surface area contributed by atoms with Gasteiger partial charge in [-0.2, -0.15) is 4.98 Å². The molecule has 1 aromatic heterocycles. The molecule has 1 saturated heterocycles. The van der Waals surface area contributed by atoms with Gasteiger partial charge in [-0.1, -0.05) is 31.5 Å². The van der Waals surface area contributed by atoms with Crippen molar-refractivity contribution >= 4 is 5.91 Å². The van der Waals surface area contributed by atoms with Crippen molar-refractivity contribution in [3.63, 3.8) is 0 Å². The van der Waals surface area contributed by atoms with Gasteiger partial charge in [0.05, 0.1) is 14.2 Å². The summed E-state index contributed by atoms with van der Waals surface area (Å²) in [4.78, 5) is 32.3. The molecule has 0 spiro atoms. The van der Waals surface area contributed by atoms with Gasteiger partial charge in [-0.15, -0.1) is 0 Å². The van der Waals surface area contributed by atoms with Crippen LogP contribution in [-0.4, -0.2) is 52.8 Å². The Morgan fingerprint density at radius 1 is 1.17 bits per heavy atom. The number of hydrogen-bond donors (Lipinski definition) is 1. The summed E-state index contributed by atoms with van der Waals surface area (Å²) in [5, 5.41) is 11.4. The zero-order valence-electron chi connectivity index (χ0n) is 20.7. The number of amides is 1. The van der Waals surface area contributed by atoms with Crippen molar-refractivity contribution in [2.24, 2.45) is 0 Å². The van der Waals surface area contributed by atoms with Crippen molar-refractivity contribution in [2.45, 2.75) is 38.5 Å². The normalized spacial score (nSPS) is 15.2. The zero-order valence-corrected chi connectivity index (χ0v) is 20.7. The molecule has 1 aliphatic rings. The van der Waals surface area contributed by atoms with Gasteiger partial charge in [-0.25, -0.2) is 4.39 Å². The predicted octanol–water partition coefficient (Wildman–Crippen LogP) is 4.07. The molecule has 2 heterocycles. The van der Waals surface area contributed by atoms with E-state index in [1.54, 1.807) is 24.3 Å². The van der Waals surface area contributed by atoms with E-state index in [0.29, 0.717) is 48.9 Å². The van der Waals surface area contributed by atoms with Gasteiger partial charge in [-0.05, 0) is 42.7 Å². The Labute approximate surface area is 208 Å². The van der Waals surface area contributed by atoms with Crippen LogP contribution < -0.4 is 15.0 Å². The molecule has 1 unspecified atom stereocenters. The number of aryl methyl sites for hydroxylation is 1. The van der Waals surface area contributed by atoms with Crippen molar-refractivity contribution in [1.29, 1.82) is 0 Å². The molecule has 2 aromatic carbocycles. The fourth-order valence-electron chi connectivity index (χ4n) is 4.66. The molecule has 4 rings (SSSR count). The van der Waals surface area contributed by atoms with Gasteiger partial charge in [0.1, 0.15) is 28.8 Å². The summed E-state index contributed by atoms with van der Waals surface area (Å²) >= 11 is 0. The van der Waals surface area contributed by atoms with Crippen LogP contribution in [0.25, 0.3) is 5.69 Å². The monoisotopic (exact) mass is 495 g/mol. The lowest BCUT2D eigenvalue weighted by atomic mass is 9.98. The van der Waals surface area contributed by atoms with Gasteiger partial charge in [0.2, 0.25) is 5.88 Å². The summed E-state index contributed by atoms with van der Waals surface area (Å²) in [5.41, 5.74) is -0.0588. The van der Waals surface area contributed by atoms with Crippen LogP contribution in [0.15, 0.2) is 47.3 Å². The van der Waals surface area contributed by atoms with E-state index < -0.39 is 22.9 Å². The molecule has 8 nitrogen and oxygen atoms in total. The number of carbonyl (C=O) groups is 1. The van der Waals surface area contributed by atoms with Crippen LogP contribution in [0.5, 0.6) is 17.4 Å². The highest BCUT2D eigenvalue weighted by molar-refractivity contribution is 5.96. The second kappa shape index (κ2) is 10.8. The predicted molar refractivity (Wildman–Crippen MR) is 133 cm³/mol.